The van der Waals surface area contributed by atoms with E-state index in [1.54, 1.807) is 6.20 Å². The summed E-state index contributed by atoms with van der Waals surface area (Å²) >= 11 is 3.12. The number of pyridine rings is 1. The van der Waals surface area contributed by atoms with Crippen LogP contribution < -0.4 is 5.32 Å². The van der Waals surface area contributed by atoms with E-state index in [1.165, 1.54) is 6.07 Å². The highest BCUT2D eigenvalue weighted by atomic mass is 79.9. The Morgan fingerprint density at radius 1 is 1.28 bits per heavy atom. The van der Waals surface area contributed by atoms with Crippen molar-refractivity contribution in [1.29, 1.82) is 0 Å². The highest BCUT2D eigenvalue weighted by molar-refractivity contribution is 9.10. The molecule has 0 radical (unpaired) electrons. The molecule has 1 aromatic carbocycles. The second-order valence-corrected chi connectivity index (χ2v) is 4.78. The molecule has 0 fully saturated rings. The fourth-order valence-electron chi connectivity index (χ4n) is 1.49. The van der Waals surface area contributed by atoms with E-state index in [2.05, 4.69) is 26.2 Å². The van der Waals surface area contributed by atoms with Gasteiger partial charge in [-0.3, -0.25) is 4.98 Å². The molecule has 0 unspecified atom stereocenters. The van der Waals surface area contributed by atoms with E-state index >= 15 is 0 Å². The molecular weight excluding hydrogens is 302 g/mol. The van der Waals surface area contributed by atoms with Crippen molar-refractivity contribution in [2.45, 2.75) is 13.5 Å². The van der Waals surface area contributed by atoms with Crippen LogP contribution >= 0.6 is 15.9 Å². The second kappa shape index (κ2) is 5.44. The molecule has 1 aromatic heterocycles. The Balaban J connectivity index is 2.13. The van der Waals surface area contributed by atoms with Gasteiger partial charge in [-0.25, -0.2) is 8.78 Å². The van der Waals surface area contributed by atoms with Gasteiger partial charge in [0.25, 0.3) is 0 Å². The molecule has 5 heteroatoms. The molecule has 0 spiro atoms. The molecule has 0 saturated carbocycles. The smallest absolute Gasteiger partial charge is 0.150 e. The van der Waals surface area contributed by atoms with Gasteiger partial charge < -0.3 is 5.32 Å². The maximum atomic E-state index is 13.5. The monoisotopic (exact) mass is 312 g/mol. The van der Waals surface area contributed by atoms with Crippen molar-refractivity contribution in [3.8, 4) is 0 Å². The summed E-state index contributed by atoms with van der Waals surface area (Å²) in [6, 6.07) is 5.85. The SMILES string of the molecule is Cc1ccc(CNc2c(F)cc(F)cc2Br)nc1. The Hall–Kier alpha value is -1.49. The van der Waals surface area contributed by atoms with Gasteiger partial charge in [0.1, 0.15) is 11.6 Å². The van der Waals surface area contributed by atoms with Crippen molar-refractivity contribution in [2.24, 2.45) is 0 Å². The molecule has 0 aliphatic rings. The van der Waals surface area contributed by atoms with Gasteiger partial charge in [0, 0.05) is 16.7 Å². The van der Waals surface area contributed by atoms with E-state index in [4.69, 9.17) is 0 Å². The first kappa shape index (κ1) is 13.0. The molecule has 1 N–H and O–H groups in total. The standard InChI is InChI=1S/C13H11BrF2N2/c1-8-2-3-10(17-6-8)7-18-13-11(14)4-9(15)5-12(13)16/h2-6,18H,7H2,1H3. The molecule has 2 nitrogen and oxygen atoms in total. The van der Waals surface area contributed by atoms with Crippen LogP contribution in [0.4, 0.5) is 14.5 Å². The largest absolute Gasteiger partial charge is 0.376 e. The van der Waals surface area contributed by atoms with Gasteiger partial charge in [-0.15, -0.1) is 0 Å². The third-order valence-electron chi connectivity index (χ3n) is 2.43. The number of anilines is 1. The number of hydrogen-bond acceptors (Lipinski definition) is 2. The van der Waals surface area contributed by atoms with Crippen molar-refractivity contribution < 1.29 is 8.78 Å². The summed E-state index contributed by atoms with van der Waals surface area (Å²) in [4.78, 5) is 4.20. The first-order chi connectivity index (χ1) is 8.56. The van der Waals surface area contributed by atoms with Crippen LogP contribution in [0.1, 0.15) is 11.3 Å². The maximum Gasteiger partial charge on any atom is 0.150 e. The van der Waals surface area contributed by atoms with Crippen LogP contribution in [0, 0.1) is 18.6 Å². The van der Waals surface area contributed by atoms with Gasteiger partial charge in [0.15, 0.2) is 0 Å². The van der Waals surface area contributed by atoms with Crippen LogP contribution in [0.2, 0.25) is 0 Å². The van der Waals surface area contributed by atoms with Crippen molar-refractivity contribution >= 4 is 21.6 Å². The summed E-state index contributed by atoms with van der Waals surface area (Å²) in [7, 11) is 0. The Labute approximate surface area is 112 Å². The minimum Gasteiger partial charge on any atom is -0.376 e. The van der Waals surface area contributed by atoms with E-state index in [9.17, 15) is 8.78 Å². The minimum absolute atomic E-state index is 0.235. The van der Waals surface area contributed by atoms with E-state index in [0.29, 0.717) is 11.0 Å². The van der Waals surface area contributed by atoms with E-state index < -0.39 is 11.6 Å². The molecule has 0 aliphatic carbocycles. The first-order valence-electron chi connectivity index (χ1n) is 5.36. The molecule has 2 aromatic rings. The number of rotatable bonds is 3. The third kappa shape index (κ3) is 3.04. The Kier molecular flexibility index (Phi) is 3.91. The molecule has 94 valence electrons. The molecular formula is C13H11BrF2N2. The summed E-state index contributed by atoms with van der Waals surface area (Å²) in [6.07, 6.45) is 1.74. The molecule has 0 bridgehead atoms. The highest BCUT2D eigenvalue weighted by Crippen LogP contribution is 2.27. The quantitative estimate of drug-likeness (QED) is 0.925. The number of benzene rings is 1. The Morgan fingerprint density at radius 2 is 2.06 bits per heavy atom. The number of nitrogens with zero attached hydrogens (tertiary/aromatic N) is 1. The van der Waals surface area contributed by atoms with Crippen LogP contribution in [0.3, 0.4) is 0 Å². The number of hydrogen-bond donors (Lipinski definition) is 1. The topological polar surface area (TPSA) is 24.9 Å². The lowest BCUT2D eigenvalue weighted by molar-refractivity contribution is 0.583. The van der Waals surface area contributed by atoms with Crippen LogP contribution in [-0.4, -0.2) is 4.98 Å². The molecule has 2 rings (SSSR count). The van der Waals surface area contributed by atoms with Crippen LogP contribution in [-0.2, 0) is 6.54 Å². The molecule has 0 saturated heterocycles. The van der Waals surface area contributed by atoms with Crippen LogP contribution in [0.25, 0.3) is 0 Å². The zero-order valence-corrected chi connectivity index (χ0v) is 11.3. The molecule has 0 aliphatic heterocycles. The summed E-state index contributed by atoms with van der Waals surface area (Å²) in [6.45, 7) is 2.32. The van der Waals surface area contributed by atoms with Crippen LogP contribution in [0.5, 0.6) is 0 Å². The average Bonchev–Trinajstić information content (AvgIpc) is 2.30. The summed E-state index contributed by atoms with van der Waals surface area (Å²) in [5.74, 6) is -1.24. The summed E-state index contributed by atoms with van der Waals surface area (Å²) in [5.41, 5.74) is 2.09. The first-order valence-corrected chi connectivity index (χ1v) is 6.15. The predicted octanol–water partition coefficient (Wildman–Crippen LogP) is 4.04. The normalized spacial score (nSPS) is 10.4. The van der Waals surface area contributed by atoms with E-state index in [1.807, 2.05) is 19.1 Å². The lowest BCUT2D eigenvalue weighted by Crippen LogP contribution is -2.04. The summed E-state index contributed by atoms with van der Waals surface area (Å²) in [5, 5.41) is 2.89. The van der Waals surface area contributed by atoms with Crippen LogP contribution in [0.15, 0.2) is 34.9 Å². The van der Waals surface area contributed by atoms with Gasteiger partial charge in [0.05, 0.1) is 17.9 Å². The predicted molar refractivity (Wildman–Crippen MR) is 70.4 cm³/mol. The van der Waals surface area contributed by atoms with Gasteiger partial charge in [-0.05, 0) is 40.5 Å². The maximum absolute atomic E-state index is 13.5. The van der Waals surface area contributed by atoms with Gasteiger partial charge in [-0.2, -0.15) is 0 Å². The number of halogens is 3. The highest BCUT2D eigenvalue weighted by Gasteiger charge is 2.09. The number of aryl methyl sites for hydroxylation is 1. The Bertz CT molecular complexity index is 532. The van der Waals surface area contributed by atoms with E-state index in [0.717, 1.165) is 17.3 Å². The van der Waals surface area contributed by atoms with Gasteiger partial charge >= 0.3 is 0 Å². The van der Waals surface area contributed by atoms with E-state index in [-0.39, 0.29) is 5.69 Å². The molecule has 0 amide bonds. The lowest BCUT2D eigenvalue weighted by atomic mass is 10.2. The Morgan fingerprint density at radius 3 is 2.67 bits per heavy atom. The van der Waals surface area contributed by atoms with Crippen molar-refractivity contribution in [2.75, 3.05) is 5.32 Å². The van der Waals surface area contributed by atoms with Crippen molar-refractivity contribution in [1.82, 2.24) is 4.98 Å². The zero-order chi connectivity index (χ0) is 13.1. The second-order valence-electron chi connectivity index (χ2n) is 3.92. The third-order valence-corrected chi connectivity index (χ3v) is 3.05. The fraction of sp³-hybridized carbons (Fsp3) is 0.154. The van der Waals surface area contributed by atoms with Crippen molar-refractivity contribution in [3.63, 3.8) is 0 Å². The lowest BCUT2D eigenvalue weighted by Gasteiger charge is -2.09. The van der Waals surface area contributed by atoms with Gasteiger partial charge in [-0.1, -0.05) is 6.07 Å². The number of nitrogens with one attached hydrogen (secondary N) is 1. The summed E-state index contributed by atoms with van der Waals surface area (Å²) < 4.78 is 26.8. The van der Waals surface area contributed by atoms with Crippen molar-refractivity contribution in [3.05, 3.63) is 57.8 Å². The molecule has 18 heavy (non-hydrogen) atoms. The minimum atomic E-state index is -0.631. The molecule has 0 atom stereocenters. The zero-order valence-electron chi connectivity index (χ0n) is 9.67. The van der Waals surface area contributed by atoms with Gasteiger partial charge in [0.2, 0.25) is 0 Å². The number of aromatic nitrogens is 1. The average molecular weight is 313 g/mol. The molecule has 1 heterocycles. The fourth-order valence-corrected chi connectivity index (χ4v) is 2.04.